The Labute approximate surface area is 77.6 Å². The third kappa shape index (κ3) is 1.59. The molecule has 1 aliphatic rings. The number of aryl methyl sites for hydroxylation is 1. The molecule has 4 heteroatoms. The molecular weight excluding hydrogens is 166 g/mol. The zero-order valence-electron chi connectivity index (χ0n) is 7.77. The molecule has 0 bridgehead atoms. The minimum absolute atomic E-state index is 0.257. The summed E-state index contributed by atoms with van der Waals surface area (Å²) in [7, 11) is 1.92. The van der Waals surface area contributed by atoms with E-state index in [1.165, 1.54) is 5.56 Å². The van der Waals surface area contributed by atoms with Crippen molar-refractivity contribution in [2.24, 2.45) is 13.0 Å². The van der Waals surface area contributed by atoms with E-state index in [9.17, 15) is 0 Å². The summed E-state index contributed by atoms with van der Waals surface area (Å²) in [4.78, 5) is 0. The van der Waals surface area contributed by atoms with Crippen molar-refractivity contribution in [1.82, 2.24) is 15.1 Å². The summed E-state index contributed by atoms with van der Waals surface area (Å²) in [6.45, 7) is 2.12. The molecule has 72 valence electrons. The molecule has 0 radical (unpaired) electrons. The van der Waals surface area contributed by atoms with Crippen molar-refractivity contribution in [2.75, 3.05) is 19.7 Å². The standard InChI is InChI=1S/C9H15N3O/c1-12-5-7(3-11-12)9-4-10-2-8(9)6-13/h3,5,8-10,13H,2,4,6H2,1H3. The summed E-state index contributed by atoms with van der Waals surface area (Å²) < 4.78 is 1.81. The van der Waals surface area contributed by atoms with Gasteiger partial charge in [-0.3, -0.25) is 4.68 Å². The van der Waals surface area contributed by atoms with Crippen LogP contribution < -0.4 is 5.32 Å². The van der Waals surface area contributed by atoms with Crippen molar-refractivity contribution >= 4 is 0 Å². The van der Waals surface area contributed by atoms with Gasteiger partial charge in [0.05, 0.1) is 6.20 Å². The van der Waals surface area contributed by atoms with E-state index in [2.05, 4.69) is 10.4 Å². The topological polar surface area (TPSA) is 50.1 Å². The molecular formula is C9H15N3O. The smallest absolute Gasteiger partial charge is 0.0525 e. The summed E-state index contributed by atoms with van der Waals surface area (Å²) in [6, 6.07) is 0. The van der Waals surface area contributed by atoms with Gasteiger partial charge in [0.25, 0.3) is 0 Å². The van der Waals surface area contributed by atoms with Crippen LogP contribution in [-0.2, 0) is 7.05 Å². The third-order valence-corrected chi connectivity index (χ3v) is 2.73. The van der Waals surface area contributed by atoms with E-state index < -0.39 is 0 Å². The van der Waals surface area contributed by atoms with E-state index in [0.29, 0.717) is 11.8 Å². The molecule has 2 atom stereocenters. The van der Waals surface area contributed by atoms with Crippen molar-refractivity contribution in [3.05, 3.63) is 18.0 Å². The maximum Gasteiger partial charge on any atom is 0.0525 e. The number of aliphatic hydroxyl groups excluding tert-OH is 1. The molecule has 1 aliphatic heterocycles. The van der Waals surface area contributed by atoms with E-state index in [-0.39, 0.29) is 6.61 Å². The van der Waals surface area contributed by atoms with E-state index in [0.717, 1.165) is 13.1 Å². The van der Waals surface area contributed by atoms with Gasteiger partial charge < -0.3 is 10.4 Å². The summed E-state index contributed by atoms with van der Waals surface area (Å²) in [5.41, 5.74) is 1.23. The van der Waals surface area contributed by atoms with Gasteiger partial charge in [-0.1, -0.05) is 0 Å². The summed E-state index contributed by atoms with van der Waals surface area (Å²) in [6.07, 6.45) is 3.92. The van der Waals surface area contributed by atoms with Crippen molar-refractivity contribution in [3.8, 4) is 0 Å². The molecule has 2 rings (SSSR count). The Balaban J connectivity index is 2.15. The molecule has 0 saturated carbocycles. The van der Waals surface area contributed by atoms with Crippen molar-refractivity contribution in [3.63, 3.8) is 0 Å². The zero-order chi connectivity index (χ0) is 9.26. The average molecular weight is 181 g/mol. The predicted octanol–water partition coefficient (Wildman–Crippen LogP) is -0.285. The lowest BCUT2D eigenvalue weighted by molar-refractivity contribution is 0.226. The molecule has 0 amide bonds. The van der Waals surface area contributed by atoms with Gasteiger partial charge >= 0.3 is 0 Å². The first-order valence-electron chi connectivity index (χ1n) is 4.61. The molecule has 1 aromatic rings. The highest BCUT2D eigenvalue weighted by Crippen LogP contribution is 2.26. The fourth-order valence-electron chi connectivity index (χ4n) is 1.95. The van der Waals surface area contributed by atoms with Crippen LogP contribution >= 0.6 is 0 Å². The summed E-state index contributed by atoms with van der Waals surface area (Å²) >= 11 is 0. The highest BCUT2D eigenvalue weighted by molar-refractivity contribution is 5.15. The molecule has 1 aromatic heterocycles. The van der Waals surface area contributed by atoms with Crippen LogP contribution in [0.5, 0.6) is 0 Å². The van der Waals surface area contributed by atoms with Gasteiger partial charge in [0, 0.05) is 44.8 Å². The number of nitrogens with one attached hydrogen (secondary N) is 1. The minimum Gasteiger partial charge on any atom is -0.396 e. The second-order valence-corrected chi connectivity index (χ2v) is 3.65. The molecule has 2 unspecified atom stereocenters. The van der Waals surface area contributed by atoms with Crippen LogP contribution in [-0.4, -0.2) is 34.6 Å². The molecule has 0 aliphatic carbocycles. The fourth-order valence-corrected chi connectivity index (χ4v) is 1.95. The lowest BCUT2D eigenvalue weighted by Crippen LogP contribution is -2.14. The average Bonchev–Trinajstić information content (AvgIpc) is 2.71. The van der Waals surface area contributed by atoms with Crippen molar-refractivity contribution < 1.29 is 5.11 Å². The van der Waals surface area contributed by atoms with Crippen LogP contribution in [0.1, 0.15) is 11.5 Å². The Hall–Kier alpha value is -0.870. The maximum absolute atomic E-state index is 9.14. The first-order chi connectivity index (χ1) is 6.31. The monoisotopic (exact) mass is 181 g/mol. The maximum atomic E-state index is 9.14. The third-order valence-electron chi connectivity index (χ3n) is 2.73. The lowest BCUT2D eigenvalue weighted by atomic mass is 9.92. The van der Waals surface area contributed by atoms with Crippen LogP contribution in [0.3, 0.4) is 0 Å². The van der Waals surface area contributed by atoms with E-state index >= 15 is 0 Å². The van der Waals surface area contributed by atoms with Crippen molar-refractivity contribution in [1.29, 1.82) is 0 Å². The summed E-state index contributed by atoms with van der Waals surface area (Å²) in [5, 5.41) is 16.6. The number of aliphatic hydroxyl groups is 1. The molecule has 2 heterocycles. The number of hydrogen-bond acceptors (Lipinski definition) is 3. The van der Waals surface area contributed by atoms with Gasteiger partial charge in [0.2, 0.25) is 0 Å². The largest absolute Gasteiger partial charge is 0.396 e. The van der Waals surface area contributed by atoms with E-state index in [1.807, 2.05) is 24.1 Å². The Bertz CT molecular complexity index is 284. The Kier molecular flexibility index (Phi) is 2.33. The lowest BCUT2D eigenvalue weighted by Gasteiger charge is -2.13. The first kappa shape index (κ1) is 8.72. The van der Waals surface area contributed by atoms with E-state index in [1.54, 1.807) is 0 Å². The molecule has 0 aromatic carbocycles. The second-order valence-electron chi connectivity index (χ2n) is 3.65. The quantitative estimate of drug-likeness (QED) is 0.659. The zero-order valence-corrected chi connectivity index (χ0v) is 7.77. The predicted molar refractivity (Wildman–Crippen MR) is 49.4 cm³/mol. The van der Waals surface area contributed by atoms with Crippen LogP contribution in [0.2, 0.25) is 0 Å². The normalized spacial score (nSPS) is 28.2. The van der Waals surface area contributed by atoms with Crippen LogP contribution in [0, 0.1) is 5.92 Å². The first-order valence-corrected chi connectivity index (χ1v) is 4.61. The second kappa shape index (κ2) is 3.47. The highest BCUT2D eigenvalue weighted by Gasteiger charge is 2.28. The molecule has 13 heavy (non-hydrogen) atoms. The Morgan fingerprint density at radius 1 is 1.69 bits per heavy atom. The SMILES string of the molecule is Cn1cc(C2CNCC2CO)cn1. The molecule has 4 nitrogen and oxygen atoms in total. The van der Waals surface area contributed by atoms with Crippen LogP contribution in [0.25, 0.3) is 0 Å². The van der Waals surface area contributed by atoms with Gasteiger partial charge in [-0.2, -0.15) is 5.10 Å². The van der Waals surface area contributed by atoms with Gasteiger partial charge in [0.1, 0.15) is 0 Å². The van der Waals surface area contributed by atoms with Gasteiger partial charge in [-0.25, -0.2) is 0 Å². The molecule has 0 spiro atoms. The summed E-state index contributed by atoms with van der Waals surface area (Å²) in [5.74, 6) is 0.780. The Morgan fingerprint density at radius 3 is 3.15 bits per heavy atom. The van der Waals surface area contributed by atoms with Crippen molar-refractivity contribution in [2.45, 2.75) is 5.92 Å². The fraction of sp³-hybridized carbons (Fsp3) is 0.667. The molecule has 1 fully saturated rings. The molecule has 1 saturated heterocycles. The van der Waals surface area contributed by atoms with E-state index in [4.69, 9.17) is 5.11 Å². The number of rotatable bonds is 2. The Morgan fingerprint density at radius 2 is 2.54 bits per heavy atom. The highest BCUT2D eigenvalue weighted by atomic mass is 16.3. The number of nitrogens with zero attached hydrogens (tertiary/aromatic N) is 2. The van der Waals surface area contributed by atoms with Crippen LogP contribution in [0.15, 0.2) is 12.4 Å². The van der Waals surface area contributed by atoms with Gasteiger partial charge in [-0.05, 0) is 5.56 Å². The van der Waals surface area contributed by atoms with Gasteiger partial charge in [0.15, 0.2) is 0 Å². The molecule has 2 N–H and O–H groups in total. The van der Waals surface area contributed by atoms with Gasteiger partial charge in [-0.15, -0.1) is 0 Å². The minimum atomic E-state index is 0.257. The van der Waals surface area contributed by atoms with Crippen LogP contribution in [0.4, 0.5) is 0 Å². The number of hydrogen-bond donors (Lipinski definition) is 2. The number of aromatic nitrogens is 2.